The Balaban J connectivity index is 2.06. The fourth-order valence-corrected chi connectivity index (χ4v) is 3.01. The lowest BCUT2D eigenvalue weighted by atomic mass is 9.78. The molecule has 4 nitrogen and oxygen atoms in total. The second-order valence-corrected chi connectivity index (χ2v) is 5.07. The van der Waals surface area contributed by atoms with Crippen molar-refractivity contribution in [3.8, 4) is 0 Å². The molecule has 1 aromatic heterocycles. The molecule has 0 radical (unpaired) electrons. The average molecular weight is 226 g/mol. The molecule has 5 heteroatoms. The SMILES string of the molecule is CC1CCCC(C(NN)c2cnsn2)C1. The smallest absolute Gasteiger partial charge is 0.0928 e. The van der Waals surface area contributed by atoms with Crippen LogP contribution in [0.15, 0.2) is 6.20 Å². The number of hydrogen-bond acceptors (Lipinski definition) is 5. The Hall–Kier alpha value is -0.520. The summed E-state index contributed by atoms with van der Waals surface area (Å²) in [5.74, 6) is 7.05. The number of nitrogens with one attached hydrogen (secondary N) is 1. The molecule has 0 amide bonds. The molecule has 15 heavy (non-hydrogen) atoms. The summed E-state index contributed by atoms with van der Waals surface area (Å²) in [5.41, 5.74) is 3.90. The zero-order chi connectivity index (χ0) is 10.7. The molecule has 1 heterocycles. The summed E-state index contributed by atoms with van der Waals surface area (Å²) in [5, 5.41) is 0. The van der Waals surface area contributed by atoms with E-state index in [1.807, 2.05) is 6.20 Å². The van der Waals surface area contributed by atoms with Crippen LogP contribution < -0.4 is 11.3 Å². The highest BCUT2D eigenvalue weighted by atomic mass is 32.1. The Morgan fingerprint density at radius 3 is 3.07 bits per heavy atom. The molecule has 2 rings (SSSR count). The Morgan fingerprint density at radius 2 is 2.47 bits per heavy atom. The van der Waals surface area contributed by atoms with Crippen LogP contribution in [-0.2, 0) is 0 Å². The monoisotopic (exact) mass is 226 g/mol. The summed E-state index contributed by atoms with van der Waals surface area (Å²) < 4.78 is 8.32. The predicted octanol–water partition coefficient (Wildman–Crippen LogP) is 1.87. The maximum Gasteiger partial charge on any atom is 0.0928 e. The van der Waals surface area contributed by atoms with Crippen LogP contribution in [0.4, 0.5) is 0 Å². The molecule has 3 atom stereocenters. The largest absolute Gasteiger partial charge is 0.271 e. The number of hydrogen-bond donors (Lipinski definition) is 2. The quantitative estimate of drug-likeness (QED) is 0.610. The zero-order valence-corrected chi connectivity index (χ0v) is 9.83. The lowest BCUT2D eigenvalue weighted by Crippen LogP contribution is -2.35. The second-order valence-electron chi connectivity index (χ2n) is 4.51. The third-order valence-corrected chi connectivity index (χ3v) is 3.82. The van der Waals surface area contributed by atoms with Crippen molar-refractivity contribution in [1.82, 2.24) is 14.2 Å². The maximum atomic E-state index is 5.63. The van der Waals surface area contributed by atoms with Crippen LogP contribution in [0.5, 0.6) is 0 Å². The molecule has 84 valence electrons. The fourth-order valence-electron chi connectivity index (χ4n) is 2.56. The molecule has 0 aromatic carbocycles. The molecule has 3 unspecified atom stereocenters. The van der Waals surface area contributed by atoms with Gasteiger partial charge in [-0.15, -0.1) is 0 Å². The Labute approximate surface area is 94.6 Å². The lowest BCUT2D eigenvalue weighted by Gasteiger charge is -2.31. The summed E-state index contributed by atoms with van der Waals surface area (Å²) in [4.78, 5) is 0. The van der Waals surface area contributed by atoms with E-state index in [2.05, 4.69) is 21.1 Å². The van der Waals surface area contributed by atoms with Crippen LogP contribution in [0, 0.1) is 11.8 Å². The minimum atomic E-state index is 0.187. The van der Waals surface area contributed by atoms with Gasteiger partial charge in [0.15, 0.2) is 0 Å². The molecular weight excluding hydrogens is 208 g/mol. The minimum Gasteiger partial charge on any atom is -0.271 e. The van der Waals surface area contributed by atoms with Gasteiger partial charge in [0, 0.05) is 0 Å². The van der Waals surface area contributed by atoms with E-state index in [0.717, 1.165) is 11.6 Å². The highest BCUT2D eigenvalue weighted by Gasteiger charge is 2.28. The summed E-state index contributed by atoms with van der Waals surface area (Å²) in [7, 11) is 0. The van der Waals surface area contributed by atoms with E-state index in [1.165, 1.54) is 37.4 Å². The van der Waals surface area contributed by atoms with Gasteiger partial charge in [-0.3, -0.25) is 11.3 Å². The Morgan fingerprint density at radius 1 is 1.60 bits per heavy atom. The predicted molar refractivity (Wildman–Crippen MR) is 61.1 cm³/mol. The van der Waals surface area contributed by atoms with Crippen molar-refractivity contribution in [2.75, 3.05) is 0 Å². The van der Waals surface area contributed by atoms with Gasteiger partial charge in [-0.2, -0.15) is 8.75 Å². The number of hydrazine groups is 1. The Kier molecular flexibility index (Phi) is 3.66. The lowest BCUT2D eigenvalue weighted by molar-refractivity contribution is 0.222. The molecule has 1 aromatic rings. The molecule has 1 fully saturated rings. The number of nitrogens with two attached hydrogens (primary N) is 1. The topological polar surface area (TPSA) is 63.8 Å². The number of nitrogens with zero attached hydrogens (tertiary/aromatic N) is 2. The van der Waals surface area contributed by atoms with Crippen molar-refractivity contribution in [3.63, 3.8) is 0 Å². The first-order chi connectivity index (χ1) is 7.31. The van der Waals surface area contributed by atoms with Crippen LogP contribution in [-0.4, -0.2) is 8.75 Å². The van der Waals surface area contributed by atoms with Gasteiger partial charge >= 0.3 is 0 Å². The van der Waals surface area contributed by atoms with Crippen LogP contribution in [0.3, 0.4) is 0 Å². The van der Waals surface area contributed by atoms with Crippen molar-refractivity contribution in [1.29, 1.82) is 0 Å². The van der Waals surface area contributed by atoms with E-state index in [9.17, 15) is 0 Å². The van der Waals surface area contributed by atoms with E-state index in [4.69, 9.17) is 5.84 Å². The normalized spacial score (nSPS) is 28.9. The molecule has 0 spiro atoms. The minimum absolute atomic E-state index is 0.187. The standard InChI is InChI=1S/C10H18N4S/c1-7-3-2-4-8(5-7)10(13-11)9-6-12-15-14-9/h6-8,10,13H,2-5,11H2,1H3. The van der Waals surface area contributed by atoms with Gasteiger partial charge in [0.1, 0.15) is 0 Å². The molecule has 1 aliphatic rings. The van der Waals surface area contributed by atoms with Crippen molar-refractivity contribution in [3.05, 3.63) is 11.9 Å². The van der Waals surface area contributed by atoms with E-state index in [0.29, 0.717) is 5.92 Å². The summed E-state index contributed by atoms with van der Waals surface area (Å²) in [6.07, 6.45) is 6.97. The van der Waals surface area contributed by atoms with Gasteiger partial charge in [-0.25, -0.2) is 0 Å². The third kappa shape index (κ3) is 2.53. The summed E-state index contributed by atoms with van der Waals surface area (Å²) >= 11 is 1.25. The highest BCUT2D eigenvalue weighted by Crippen LogP contribution is 2.36. The van der Waals surface area contributed by atoms with Gasteiger partial charge in [0.25, 0.3) is 0 Å². The first-order valence-corrected chi connectivity index (χ1v) is 6.28. The molecule has 0 bridgehead atoms. The second kappa shape index (κ2) is 5.01. The van der Waals surface area contributed by atoms with Crippen molar-refractivity contribution < 1.29 is 0 Å². The van der Waals surface area contributed by atoms with Gasteiger partial charge in [0.2, 0.25) is 0 Å². The third-order valence-electron chi connectivity index (χ3n) is 3.32. The first-order valence-electron chi connectivity index (χ1n) is 5.55. The van der Waals surface area contributed by atoms with E-state index in [-0.39, 0.29) is 6.04 Å². The Bertz CT molecular complexity index is 288. The van der Waals surface area contributed by atoms with Gasteiger partial charge in [0.05, 0.1) is 29.7 Å². The molecule has 0 aliphatic heterocycles. The molecule has 1 aliphatic carbocycles. The van der Waals surface area contributed by atoms with Crippen molar-refractivity contribution in [2.45, 2.75) is 38.6 Å². The highest BCUT2D eigenvalue weighted by molar-refractivity contribution is 6.99. The van der Waals surface area contributed by atoms with Gasteiger partial charge in [-0.05, 0) is 24.7 Å². The van der Waals surface area contributed by atoms with E-state index in [1.54, 1.807) is 0 Å². The first kappa shape index (κ1) is 11.0. The van der Waals surface area contributed by atoms with Crippen LogP contribution in [0.1, 0.15) is 44.3 Å². The number of rotatable bonds is 3. The van der Waals surface area contributed by atoms with Crippen molar-refractivity contribution >= 4 is 11.7 Å². The van der Waals surface area contributed by atoms with Gasteiger partial charge in [-0.1, -0.05) is 19.8 Å². The fraction of sp³-hybridized carbons (Fsp3) is 0.800. The summed E-state index contributed by atoms with van der Waals surface area (Å²) in [6.45, 7) is 2.32. The van der Waals surface area contributed by atoms with Crippen LogP contribution in [0.2, 0.25) is 0 Å². The summed E-state index contributed by atoms with van der Waals surface area (Å²) in [6, 6.07) is 0.187. The average Bonchev–Trinajstić information content (AvgIpc) is 2.72. The molecular formula is C10H18N4S. The van der Waals surface area contributed by atoms with Crippen LogP contribution >= 0.6 is 11.7 Å². The maximum absolute atomic E-state index is 5.63. The van der Waals surface area contributed by atoms with Gasteiger partial charge < -0.3 is 0 Å². The zero-order valence-electron chi connectivity index (χ0n) is 9.02. The molecule has 3 N–H and O–H groups in total. The van der Waals surface area contributed by atoms with E-state index < -0.39 is 0 Å². The molecule has 0 saturated heterocycles. The van der Waals surface area contributed by atoms with Crippen molar-refractivity contribution in [2.24, 2.45) is 17.7 Å². The van der Waals surface area contributed by atoms with E-state index >= 15 is 0 Å². The number of aromatic nitrogens is 2. The van der Waals surface area contributed by atoms with Crippen LogP contribution in [0.25, 0.3) is 0 Å². The molecule has 1 saturated carbocycles.